The lowest BCUT2D eigenvalue weighted by molar-refractivity contribution is -0.155. The van der Waals surface area contributed by atoms with E-state index in [2.05, 4.69) is 6.92 Å². The second-order valence-corrected chi connectivity index (χ2v) is 6.63. The Morgan fingerprint density at radius 1 is 0.889 bits per heavy atom. The number of benzene rings is 1. The summed E-state index contributed by atoms with van der Waals surface area (Å²) in [5.74, 6) is 0.0683. The molecule has 27 heavy (non-hydrogen) atoms. The standard InChI is InChI=1S/C22H34O5/c1-4-6-7-8-9-10-11-12-21(23)27-20(17-22(24)26-5-2)18-13-15-19(25-3)16-14-18/h13-16,20H,4-12,17H2,1-3H3/t20-/m1/s1. The molecule has 5 nitrogen and oxygen atoms in total. The van der Waals surface area contributed by atoms with Crippen molar-refractivity contribution in [3.05, 3.63) is 29.8 Å². The van der Waals surface area contributed by atoms with Crippen LogP contribution in [-0.2, 0) is 19.1 Å². The molecule has 1 atom stereocenters. The van der Waals surface area contributed by atoms with Crippen molar-refractivity contribution in [2.75, 3.05) is 13.7 Å². The van der Waals surface area contributed by atoms with Gasteiger partial charge in [0, 0.05) is 6.42 Å². The molecule has 0 bridgehead atoms. The van der Waals surface area contributed by atoms with E-state index in [1.807, 2.05) is 12.1 Å². The van der Waals surface area contributed by atoms with Crippen LogP contribution in [0, 0.1) is 0 Å². The number of unbranched alkanes of at least 4 members (excludes halogenated alkanes) is 6. The summed E-state index contributed by atoms with van der Waals surface area (Å²) in [5.41, 5.74) is 0.761. The Balaban J connectivity index is 2.51. The van der Waals surface area contributed by atoms with E-state index in [4.69, 9.17) is 14.2 Å². The highest BCUT2D eigenvalue weighted by Gasteiger charge is 2.21. The van der Waals surface area contributed by atoms with Crippen LogP contribution in [0.15, 0.2) is 24.3 Å². The summed E-state index contributed by atoms with van der Waals surface area (Å²) in [6, 6.07) is 7.20. The molecule has 0 aromatic heterocycles. The molecule has 5 heteroatoms. The van der Waals surface area contributed by atoms with Gasteiger partial charge in [0.05, 0.1) is 20.1 Å². The van der Waals surface area contributed by atoms with Gasteiger partial charge in [-0.1, -0.05) is 57.6 Å². The Morgan fingerprint density at radius 3 is 2.11 bits per heavy atom. The van der Waals surface area contributed by atoms with Crippen LogP contribution in [0.1, 0.15) is 83.3 Å². The molecule has 0 unspecified atom stereocenters. The zero-order valence-electron chi connectivity index (χ0n) is 17.0. The molecule has 0 N–H and O–H groups in total. The van der Waals surface area contributed by atoms with Crippen LogP contribution in [0.4, 0.5) is 0 Å². The fourth-order valence-electron chi connectivity index (χ4n) is 2.86. The Hall–Kier alpha value is -2.04. The monoisotopic (exact) mass is 378 g/mol. The van der Waals surface area contributed by atoms with Crippen LogP contribution in [0.25, 0.3) is 0 Å². The van der Waals surface area contributed by atoms with Crippen molar-refractivity contribution in [1.29, 1.82) is 0 Å². The molecule has 0 aliphatic carbocycles. The van der Waals surface area contributed by atoms with E-state index >= 15 is 0 Å². The van der Waals surface area contributed by atoms with Crippen molar-refractivity contribution in [1.82, 2.24) is 0 Å². The predicted octanol–water partition coefficient (Wildman–Crippen LogP) is 5.37. The quantitative estimate of drug-likeness (QED) is 0.321. The molecule has 0 heterocycles. The molecule has 1 rings (SSSR count). The molecule has 0 spiro atoms. The third-order valence-corrected chi connectivity index (χ3v) is 4.40. The van der Waals surface area contributed by atoms with Gasteiger partial charge >= 0.3 is 11.9 Å². The molecule has 0 aliphatic rings. The molecule has 0 saturated heterocycles. The molecule has 0 aliphatic heterocycles. The van der Waals surface area contributed by atoms with E-state index in [0.29, 0.717) is 18.8 Å². The summed E-state index contributed by atoms with van der Waals surface area (Å²) < 4.78 is 15.8. The van der Waals surface area contributed by atoms with Gasteiger partial charge in [0.25, 0.3) is 0 Å². The fourth-order valence-corrected chi connectivity index (χ4v) is 2.86. The molecule has 0 fully saturated rings. The van der Waals surface area contributed by atoms with Crippen LogP contribution in [0.5, 0.6) is 5.75 Å². The summed E-state index contributed by atoms with van der Waals surface area (Å²) in [6.45, 7) is 4.26. The average molecular weight is 379 g/mol. The minimum atomic E-state index is -0.632. The summed E-state index contributed by atoms with van der Waals surface area (Å²) >= 11 is 0. The molecule has 1 aromatic carbocycles. The smallest absolute Gasteiger partial charge is 0.309 e. The first-order chi connectivity index (χ1) is 13.1. The topological polar surface area (TPSA) is 61.8 Å². The van der Waals surface area contributed by atoms with Gasteiger partial charge in [-0.3, -0.25) is 9.59 Å². The zero-order chi connectivity index (χ0) is 19.9. The summed E-state index contributed by atoms with van der Waals surface area (Å²) in [5, 5.41) is 0. The molecule has 0 amide bonds. The lowest BCUT2D eigenvalue weighted by atomic mass is 10.1. The first-order valence-electron chi connectivity index (χ1n) is 10.1. The van der Waals surface area contributed by atoms with Crippen LogP contribution < -0.4 is 4.74 Å². The van der Waals surface area contributed by atoms with E-state index in [0.717, 1.165) is 24.8 Å². The SMILES string of the molecule is CCCCCCCCCC(=O)O[C@H](CC(=O)OCC)c1ccc(OC)cc1. The maximum Gasteiger partial charge on any atom is 0.309 e. The van der Waals surface area contributed by atoms with Crippen LogP contribution >= 0.6 is 0 Å². The van der Waals surface area contributed by atoms with Crippen LogP contribution in [0.2, 0.25) is 0 Å². The summed E-state index contributed by atoms with van der Waals surface area (Å²) in [6.07, 6.45) is 7.76. The lowest BCUT2D eigenvalue weighted by Crippen LogP contribution is -2.16. The Morgan fingerprint density at radius 2 is 1.52 bits per heavy atom. The highest BCUT2D eigenvalue weighted by atomic mass is 16.6. The van der Waals surface area contributed by atoms with Gasteiger partial charge in [-0.2, -0.15) is 0 Å². The minimum absolute atomic E-state index is 0.0168. The highest BCUT2D eigenvalue weighted by Crippen LogP contribution is 2.25. The third kappa shape index (κ3) is 10.0. The second kappa shape index (κ2) is 14.1. The van der Waals surface area contributed by atoms with Crippen molar-refractivity contribution < 1.29 is 23.8 Å². The molecular formula is C22H34O5. The number of rotatable bonds is 14. The summed E-state index contributed by atoms with van der Waals surface area (Å²) in [4.78, 5) is 24.1. The van der Waals surface area contributed by atoms with Crippen molar-refractivity contribution in [3.8, 4) is 5.75 Å². The normalized spacial score (nSPS) is 11.7. The largest absolute Gasteiger partial charge is 0.497 e. The zero-order valence-corrected chi connectivity index (χ0v) is 17.0. The number of esters is 2. The van der Waals surface area contributed by atoms with Gasteiger partial charge in [-0.05, 0) is 31.0 Å². The maximum absolute atomic E-state index is 12.2. The molecule has 1 aromatic rings. The summed E-state index contributed by atoms with van der Waals surface area (Å²) in [7, 11) is 1.59. The van der Waals surface area contributed by atoms with Crippen molar-refractivity contribution in [2.45, 2.75) is 77.7 Å². The lowest BCUT2D eigenvalue weighted by Gasteiger charge is -2.18. The van der Waals surface area contributed by atoms with Crippen molar-refractivity contribution in [2.24, 2.45) is 0 Å². The third-order valence-electron chi connectivity index (χ3n) is 4.40. The van der Waals surface area contributed by atoms with E-state index < -0.39 is 6.10 Å². The number of ether oxygens (including phenoxy) is 3. The van der Waals surface area contributed by atoms with E-state index in [1.54, 1.807) is 26.2 Å². The Bertz CT molecular complexity index is 538. The maximum atomic E-state index is 12.2. The Labute approximate surface area is 163 Å². The minimum Gasteiger partial charge on any atom is -0.497 e. The van der Waals surface area contributed by atoms with Gasteiger partial charge in [-0.15, -0.1) is 0 Å². The predicted molar refractivity (Wildman–Crippen MR) is 106 cm³/mol. The number of carbonyl (C=O) groups is 2. The number of carbonyl (C=O) groups excluding carboxylic acids is 2. The van der Waals surface area contributed by atoms with E-state index in [-0.39, 0.29) is 18.4 Å². The van der Waals surface area contributed by atoms with Crippen LogP contribution in [0.3, 0.4) is 0 Å². The fraction of sp³-hybridized carbons (Fsp3) is 0.636. The number of hydrogen-bond acceptors (Lipinski definition) is 5. The average Bonchev–Trinajstić information content (AvgIpc) is 2.67. The number of methoxy groups -OCH3 is 1. The van der Waals surface area contributed by atoms with Gasteiger partial charge < -0.3 is 14.2 Å². The molecule has 152 valence electrons. The second-order valence-electron chi connectivity index (χ2n) is 6.63. The first kappa shape index (κ1) is 23.0. The molecule has 0 saturated carbocycles. The van der Waals surface area contributed by atoms with E-state index in [1.165, 1.54) is 25.7 Å². The Kier molecular flexibility index (Phi) is 12.0. The number of hydrogen-bond donors (Lipinski definition) is 0. The van der Waals surface area contributed by atoms with Gasteiger partial charge in [0.15, 0.2) is 0 Å². The van der Waals surface area contributed by atoms with Crippen molar-refractivity contribution >= 4 is 11.9 Å². The van der Waals surface area contributed by atoms with Crippen LogP contribution in [-0.4, -0.2) is 25.7 Å². The van der Waals surface area contributed by atoms with Gasteiger partial charge in [0.2, 0.25) is 0 Å². The van der Waals surface area contributed by atoms with E-state index in [9.17, 15) is 9.59 Å². The van der Waals surface area contributed by atoms with Crippen molar-refractivity contribution in [3.63, 3.8) is 0 Å². The highest BCUT2D eigenvalue weighted by molar-refractivity contribution is 5.73. The molecule has 0 radical (unpaired) electrons. The van der Waals surface area contributed by atoms with Gasteiger partial charge in [-0.25, -0.2) is 0 Å². The first-order valence-corrected chi connectivity index (χ1v) is 10.1. The van der Waals surface area contributed by atoms with Gasteiger partial charge in [0.1, 0.15) is 11.9 Å². The molecular weight excluding hydrogens is 344 g/mol.